The number of ether oxygens (including phenoxy) is 1. The van der Waals surface area contributed by atoms with Gasteiger partial charge in [-0.15, -0.1) is 0 Å². The van der Waals surface area contributed by atoms with Crippen LogP contribution in [0.1, 0.15) is 0 Å². The van der Waals surface area contributed by atoms with Crippen molar-refractivity contribution in [2.45, 2.75) is 30.6 Å². The van der Waals surface area contributed by atoms with E-state index in [0.717, 1.165) is 0 Å². The molecule has 0 radical (unpaired) electrons. The molecule has 0 aromatic rings. The second-order valence-electron chi connectivity index (χ2n) is 4.53. The van der Waals surface area contributed by atoms with E-state index < -0.39 is 42.5 Å². The minimum Gasteiger partial charge on any atom is -0.388 e. The molecule has 0 spiro atoms. The summed E-state index contributed by atoms with van der Waals surface area (Å²) in [5, 5.41) is 36.5. The molecule has 1 aliphatic rings. The van der Waals surface area contributed by atoms with E-state index in [2.05, 4.69) is 28.6 Å². The van der Waals surface area contributed by atoms with Crippen molar-refractivity contribution in [2.24, 2.45) is 0 Å². The van der Waals surface area contributed by atoms with E-state index >= 15 is 0 Å². The van der Waals surface area contributed by atoms with Gasteiger partial charge in [0.1, 0.15) is 12.2 Å². The average molecular weight is 323 g/mol. The molecule has 6 N–H and O–H groups in total. The zero-order chi connectivity index (χ0) is 16.0. The predicted octanol–water partition coefficient (Wildman–Crippen LogP) is -3.82. The molecule has 10 heteroatoms. The molecule has 5 unspecified atom stereocenters. The van der Waals surface area contributed by atoms with Crippen LogP contribution in [0.15, 0.2) is 0 Å². The average Bonchev–Trinajstić information content (AvgIpc) is 2.47. The third kappa shape index (κ3) is 4.80. The van der Waals surface area contributed by atoms with E-state index in [-0.39, 0.29) is 6.54 Å². The first-order valence-electron chi connectivity index (χ1n) is 6.44. The standard InChI is InChI=1S/C11H21N3O6S/c1-12-6-7(16)9(20-11(19)8(6)17)10(18)14-4-5(15)13-2-3-21/h6-9,11-12,16-17,19,21H,2-4H2,1H3,(H,13,15)(H,14,18). The van der Waals surface area contributed by atoms with Gasteiger partial charge in [-0.2, -0.15) is 12.6 Å². The van der Waals surface area contributed by atoms with Crippen molar-refractivity contribution in [3.05, 3.63) is 0 Å². The number of carbonyl (C=O) groups is 2. The monoisotopic (exact) mass is 323 g/mol. The van der Waals surface area contributed by atoms with Crippen molar-refractivity contribution < 1.29 is 29.6 Å². The number of hydrogen-bond donors (Lipinski definition) is 7. The van der Waals surface area contributed by atoms with Gasteiger partial charge in [0.05, 0.1) is 12.6 Å². The Labute approximate surface area is 127 Å². The Bertz CT molecular complexity index is 372. The molecule has 122 valence electrons. The van der Waals surface area contributed by atoms with E-state index in [4.69, 9.17) is 4.74 Å². The number of thiol groups is 1. The zero-order valence-corrected chi connectivity index (χ0v) is 12.4. The largest absolute Gasteiger partial charge is 0.388 e. The number of amides is 2. The Hall–Kier alpha value is -0.910. The van der Waals surface area contributed by atoms with Gasteiger partial charge < -0.3 is 36.0 Å². The molecule has 21 heavy (non-hydrogen) atoms. The molecular formula is C11H21N3O6S. The molecule has 9 nitrogen and oxygen atoms in total. The molecule has 0 aromatic carbocycles. The molecule has 0 aromatic heterocycles. The first kappa shape index (κ1) is 18.1. The highest BCUT2D eigenvalue weighted by atomic mass is 32.1. The van der Waals surface area contributed by atoms with Crippen LogP contribution in [-0.2, 0) is 14.3 Å². The summed E-state index contributed by atoms with van der Waals surface area (Å²) in [5.74, 6) is -0.693. The van der Waals surface area contributed by atoms with Crippen LogP contribution in [0.3, 0.4) is 0 Å². The molecule has 1 rings (SSSR count). The van der Waals surface area contributed by atoms with Gasteiger partial charge in [0, 0.05) is 12.3 Å². The SMILES string of the molecule is CNC1C(O)C(O)OC(C(=O)NCC(=O)NCCS)C1O. The summed E-state index contributed by atoms with van der Waals surface area (Å²) in [6.45, 7) is 0.0785. The zero-order valence-electron chi connectivity index (χ0n) is 11.5. The van der Waals surface area contributed by atoms with Gasteiger partial charge in [-0.1, -0.05) is 0 Å². The number of hydrogen-bond acceptors (Lipinski definition) is 8. The first-order chi connectivity index (χ1) is 9.92. The number of likely N-dealkylation sites (N-methyl/N-ethyl adjacent to an activating group) is 1. The molecule has 0 saturated carbocycles. The van der Waals surface area contributed by atoms with E-state index in [1.165, 1.54) is 7.05 Å². The summed E-state index contributed by atoms with van der Waals surface area (Å²) < 4.78 is 4.88. The number of aliphatic hydroxyl groups excluding tert-OH is 3. The van der Waals surface area contributed by atoms with Crippen LogP contribution in [0.5, 0.6) is 0 Å². The maximum atomic E-state index is 11.9. The summed E-state index contributed by atoms with van der Waals surface area (Å²) in [7, 11) is 1.47. The lowest BCUT2D eigenvalue weighted by Gasteiger charge is -2.39. The van der Waals surface area contributed by atoms with Gasteiger partial charge >= 0.3 is 0 Å². The Kier molecular flexibility index (Phi) is 7.35. The van der Waals surface area contributed by atoms with Gasteiger partial charge in [0.2, 0.25) is 5.91 Å². The topological polar surface area (TPSA) is 140 Å². The minimum absolute atomic E-state index is 0.290. The van der Waals surface area contributed by atoms with Gasteiger partial charge in [0.15, 0.2) is 12.4 Å². The minimum atomic E-state index is -1.61. The van der Waals surface area contributed by atoms with Crippen LogP contribution in [-0.4, -0.2) is 83.7 Å². The van der Waals surface area contributed by atoms with Crippen molar-refractivity contribution in [3.63, 3.8) is 0 Å². The van der Waals surface area contributed by atoms with Crippen molar-refractivity contribution >= 4 is 24.4 Å². The number of carbonyl (C=O) groups excluding carboxylic acids is 2. The van der Waals surface area contributed by atoms with E-state index in [1.54, 1.807) is 0 Å². The second kappa shape index (κ2) is 8.51. The highest BCUT2D eigenvalue weighted by Crippen LogP contribution is 2.19. The molecule has 1 fully saturated rings. The Morgan fingerprint density at radius 1 is 1.19 bits per heavy atom. The molecule has 0 aliphatic carbocycles. The smallest absolute Gasteiger partial charge is 0.252 e. The quantitative estimate of drug-likeness (QED) is 0.248. The molecule has 0 bridgehead atoms. The summed E-state index contributed by atoms with van der Waals surface area (Å²) in [6.07, 6.45) is -5.74. The van der Waals surface area contributed by atoms with Crippen LogP contribution in [0.4, 0.5) is 0 Å². The number of aliphatic hydroxyl groups is 3. The summed E-state index contributed by atoms with van der Waals surface area (Å²) >= 11 is 3.92. The predicted molar refractivity (Wildman–Crippen MR) is 75.6 cm³/mol. The van der Waals surface area contributed by atoms with E-state index in [0.29, 0.717) is 12.3 Å². The number of nitrogens with one attached hydrogen (secondary N) is 3. The highest BCUT2D eigenvalue weighted by molar-refractivity contribution is 7.80. The van der Waals surface area contributed by atoms with Crippen molar-refractivity contribution in [2.75, 3.05) is 25.9 Å². The van der Waals surface area contributed by atoms with Gasteiger partial charge in [-0.25, -0.2) is 0 Å². The van der Waals surface area contributed by atoms with Gasteiger partial charge in [0.25, 0.3) is 5.91 Å². The van der Waals surface area contributed by atoms with Crippen LogP contribution in [0.25, 0.3) is 0 Å². The highest BCUT2D eigenvalue weighted by Gasteiger charge is 2.46. The molecular weight excluding hydrogens is 302 g/mol. The summed E-state index contributed by atoms with van der Waals surface area (Å²) in [5.41, 5.74) is 0. The van der Waals surface area contributed by atoms with Gasteiger partial charge in [-0.05, 0) is 7.05 Å². The van der Waals surface area contributed by atoms with Crippen molar-refractivity contribution in [1.29, 1.82) is 0 Å². The van der Waals surface area contributed by atoms with Crippen molar-refractivity contribution in [1.82, 2.24) is 16.0 Å². The maximum Gasteiger partial charge on any atom is 0.252 e. The lowest BCUT2D eigenvalue weighted by atomic mass is 9.96. The fourth-order valence-electron chi connectivity index (χ4n) is 1.96. The summed E-state index contributed by atoms with van der Waals surface area (Å²) in [6, 6.07) is -0.928. The molecule has 1 aliphatic heterocycles. The van der Waals surface area contributed by atoms with Crippen LogP contribution in [0, 0.1) is 0 Å². The molecule has 1 heterocycles. The molecule has 5 atom stereocenters. The Morgan fingerprint density at radius 2 is 1.86 bits per heavy atom. The Morgan fingerprint density at radius 3 is 2.43 bits per heavy atom. The number of rotatable bonds is 6. The fourth-order valence-corrected chi connectivity index (χ4v) is 2.07. The first-order valence-corrected chi connectivity index (χ1v) is 7.07. The summed E-state index contributed by atoms with van der Waals surface area (Å²) in [4.78, 5) is 23.2. The third-order valence-corrected chi connectivity index (χ3v) is 3.30. The Balaban J connectivity index is 2.54. The van der Waals surface area contributed by atoms with E-state index in [9.17, 15) is 24.9 Å². The van der Waals surface area contributed by atoms with Crippen LogP contribution < -0.4 is 16.0 Å². The van der Waals surface area contributed by atoms with Crippen LogP contribution in [0.2, 0.25) is 0 Å². The molecule has 2 amide bonds. The normalized spacial score (nSPS) is 32.5. The lowest BCUT2D eigenvalue weighted by molar-refractivity contribution is -0.251. The maximum absolute atomic E-state index is 11.9. The third-order valence-electron chi connectivity index (χ3n) is 3.07. The lowest BCUT2D eigenvalue weighted by Crippen LogP contribution is -2.65. The van der Waals surface area contributed by atoms with Crippen molar-refractivity contribution in [3.8, 4) is 0 Å². The molecule has 1 saturated heterocycles. The van der Waals surface area contributed by atoms with Gasteiger partial charge in [-0.3, -0.25) is 9.59 Å². The van der Waals surface area contributed by atoms with Crippen LogP contribution >= 0.6 is 12.6 Å². The van der Waals surface area contributed by atoms with E-state index in [1.807, 2.05) is 0 Å². The fraction of sp³-hybridized carbons (Fsp3) is 0.818. The second-order valence-corrected chi connectivity index (χ2v) is 4.98.